The van der Waals surface area contributed by atoms with E-state index in [4.69, 9.17) is 16.1 Å². The van der Waals surface area contributed by atoms with Gasteiger partial charge in [0.15, 0.2) is 0 Å². The highest BCUT2D eigenvalue weighted by atomic mass is 16.1. The van der Waals surface area contributed by atoms with Crippen LogP contribution in [-0.2, 0) is 17.8 Å². The van der Waals surface area contributed by atoms with Crippen LogP contribution in [0.15, 0.2) is 77.6 Å². The Hall–Kier alpha value is -4.30. The molecule has 1 aliphatic rings. The Labute approximate surface area is 253 Å². The number of rotatable bonds is 11. The number of amides is 1. The van der Waals surface area contributed by atoms with Gasteiger partial charge in [-0.1, -0.05) is 61.4 Å². The van der Waals surface area contributed by atoms with Crippen LogP contribution in [0.2, 0.25) is 0 Å². The fraction of sp³-hybridized carbons (Fsp3) is 0.371. The number of unbranched alkanes of at least 4 members (excludes halogenated alkanes) is 2. The highest BCUT2D eigenvalue weighted by Crippen LogP contribution is 2.24. The van der Waals surface area contributed by atoms with E-state index in [1.807, 2.05) is 54.6 Å². The molecule has 0 radical (unpaired) electrons. The number of likely N-dealkylation sites (tertiary alicyclic amines) is 1. The first-order chi connectivity index (χ1) is 20.8. The van der Waals surface area contributed by atoms with E-state index in [0.717, 1.165) is 31.4 Å². The van der Waals surface area contributed by atoms with Gasteiger partial charge in [0.2, 0.25) is 5.91 Å². The lowest BCUT2D eigenvalue weighted by Crippen LogP contribution is -2.44. The molecule has 0 spiro atoms. The summed E-state index contributed by atoms with van der Waals surface area (Å²) in [6.07, 6.45) is 7.05. The maximum atomic E-state index is 14.0. The summed E-state index contributed by atoms with van der Waals surface area (Å²) in [5.41, 5.74) is 9.95. The van der Waals surface area contributed by atoms with E-state index < -0.39 is 0 Å². The molecule has 224 valence electrons. The topological polar surface area (TPSA) is 117 Å². The Morgan fingerprint density at radius 2 is 1.70 bits per heavy atom. The highest BCUT2D eigenvalue weighted by Gasteiger charge is 2.23. The van der Waals surface area contributed by atoms with Crippen LogP contribution < -0.4 is 16.6 Å². The maximum absolute atomic E-state index is 14.0. The van der Waals surface area contributed by atoms with Crippen LogP contribution >= 0.6 is 0 Å². The summed E-state index contributed by atoms with van der Waals surface area (Å²) in [7, 11) is 0. The normalized spacial score (nSPS) is 17.2. The van der Waals surface area contributed by atoms with Crippen molar-refractivity contribution >= 4 is 28.5 Å². The minimum atomic E-state index is -0.195. The Morgan fingerprint density at radius 1 is 0.953 bits per heavy atom. The molecule has 4 aromatic rings. The summed E-state index contributed by atoms with van der Waals surface area (Å²) in [5, 5.41) is 10.8. The minimum absolute atomic E-state index is 0.0591. The lowest BCUT2D eigenvalue weighted by Gasteiger charge is -2.39. The van der Waals surface area contributed by atoms with E-state index in [0.29, 0.717) is 52.2 Å². The average molecular weight is 579 g/mol. The zero-order valence-corrected chi connectivity index (χ0v) is 25.2. The molecule has 0 bridgehead atoms. The van der Waals surface area contributed by atoms with Gasteiger partial charge in [0, 0.05) is 35.4 Å². The molecule has 1 fully saturated rings. The summed E-state index contributed by atoms with van der Waals surface area (Å²) in [6.45, 7) is 6.28. The number of benzene rings is 3. The molecule has 1 amide bonds. The first-order valence-electron chi connectivity index (χ1n) is 15.4. The van der Waals surface area contributed by atoms with Gasteiger partial charge in [-0.05, 0) is 75.9 Å². The second-order valence-electron chi connectivity index (χ2n) is 11.8. The van der Waals surface area contributed by atoms with Gasteiger partial charge in [0.25, 0.3) is 5.56 Å². The molecule has 1 aromatic heterocycles. The molecule has 2 atom stereocenters. The lowest BCUT2D eigenvalue weighted by molar-refractivity contribution is -0.115. The molecule has 4 N–H and O–H groups in total. The molecule has 8 nitrogen and oxygen atoms in total. The Morgan fingerprint density at radius 3 is 2.44 bits per heavy atom. The van der Waals surface area contributed by atoms with Crippen LogP contribution in [0.25, 0.3) is 22.3 Å². The standard InChI is InChI=1S/C35H42N6O2/c1-24-11-9-12-25(2)40(24)19-7-4-8-20-41-31-23-29(38-32(42)21-26-13-5-3-6-14-26)17-18-30(31)39-33(35(41)43)27-15-10-16-28(22-27)34(36)37/h3,5-6,10,13-18,22-25H,4,7-9,11-12,19-21H2,1-2H3,(H3,36,37)(H,38,42). The number of nitrogens with zero attached hydrogens (tertiary/aromatic N) is 3. The number of nitrogens with one attached hydrogen (secondary N) is 2. The van der Waals surface area contributed by atoms with Crippen molar-refractivity contribution in [2.45, 2.75) is 77.4 Å². The van der Waals surface area contributed by atoms with Gasteiger partial charge in [-0.3, -0.25) is 19.9 Å². The fourth-order valence-corrected chi connectivity index (χ4v) is 6.20. The number of nitrogen functional groups attached to an aromatic ring is 1. The van der Waals surface area contributed by atoms with Crippen LogP contribution in [0, 0.1) is 5.41 Å². The maximum Gasteiger partial charge on any atom is 0.277 e. The number of carbonyl (C=O) groups excluding carboxylic acids is 1. The largest absolute Gasteiger partial charge is 0.384 e. The smallest absolute Gasteiger partial charge is 0.277 e. The third-order valence-electron chi connectivity index (χ3n) is 8.56. The van der Waals surface area contributed by atoms with Crippen molar-refractivity contribution in [1.29, 1.82) is 5.41 Å². The van der Waals surface area contributed by atoms with Crippen molar-refractivity contribution in [2.75, 3.05) is 11.9 Å². The van der Waals surface area contributed by atoms with E-state index in [9.17, 15) is 9.59 Å². The Balaban J connectivity index is 1.40. The van der Waals surface area contributed by atoms with Crippen molar-refractivity contribution < 1.29 is 4.79 Å². The Kier molecular flexibility index (Phi) is 9.67. The number of anilines is 1. The third kappa shape index (κ3) is 7.38. The van der Waals surface area contributed by atoms with Crippen molar-refractivity contribution in [3.8, 4) is 11.3 Å². The summed E-state index contributed by atoms with van der Waals surface area (Å²) in [5.74, 6) is -0.178. The van der Waals surface area contributed by atoms with Gasteiger partial charge < -0.3 is 15.6 Å². The van der Waals surface area contributed by atoms with E-state index in [-0.39, 0.29) is 23.7 Å². The monoisotopic (exact) mass is 578 g/mol. The minimum Gasteiger partial charge on any atom is -0.384 e. The number of hydrogen-bond donors (Lipinski definition) is 3. The molecule has 43 heavy (non-hydrogen) atoms. The van der Waals surface area contributed by atoms with Crippen LogP contribution in [-0.4, -0.2) is 44.8 Å². The number of piperidine rings is 1. The van der Waals surface area contributed by atoms with Crippen molar-refractivity contribution in [2.24, 2.45) is 5.73 Å². The summed E-state index contributed by atoms with van der Waals surface area (Å²) in [6, 6.07) is 23.5. The van der Waals surface area contributed by atoms with Crippen molar-refractivity contribution in [3.05, 3.63) is 94.3 Å². The van der Waals surface area contributed by atoms with E-state index in [1.165, 1.54) is 19.3 Å². The number of aryl methyl sites for hydroxylation is 1. The summed E-state index contributed by atoms with van der Waals surface area (Å²) < 4.78 is 1.79. The van der Waals surface area contributed by atoms with Gasteiger partial charge in [0.05, 0.1) is 17.5 Å². The number of aromatic nitrogens is 2. The molecule has 3 aromatic carbocycles. The van der Waals surface area contributed by atoms with E-state index in [2.05, 4.69) is 24.1 Å². The van der Waals surface area contributed by atoms with E-state index >= 15 is 0 Å². The molecule has 2 unspecified atom stereocenters. The molecular formula is C35H42N6O2. The number of nitrogens with two attached hydrogens (primary N) is 1. The van der Waals surface area contributed by atoms with Crippen LogP contribution in [0.4, 0.5) is 5.69 Å². The lowest BCUT2D eigenvalue weighted by atomic mass is 9.97. The van der Waals surface area contributed by atoms with Crippen molar-refractivity contribution in [1.82, 2.24) is 14.5 Å². The van der Waals surface area contributed by atoms with Gasteiger partial charge >= 0.3 is 0 Å². The van der Waals surface area contributed by atoms with E-state index in [1.54, 1.807) is 22.8 Å². The van der Waals surface area contributed by atoms with Crippen LogP contribution in [0.1, 0.15) is 63.5 Å². The number of carbonyl (C=O) groups is 1. The summed E-state index contributed by atoms with van der Waals surface area (Å²) in [4.78, 5) is 34.1. The molecule has 2 heterocycles. The van der Waals surface area contributed by atoms with Gasteiger partial charge in [-0.25, -0.2) is 4.98 Å². The Bertz CT molecular complexity index is 1640. The molecular weight excluding hydrogens is 536 g/mol. The molecule has 0 saturated carbocycles. The van der Waals surface area contributed by atoms with Crippen molar-refractivity contribution in [3.63, 3.8) is 0 Å². The van der Waals surface area contributed by atoms with Crippen LogP contribution in [0.3, 0.4) is 0 Å². The van der Waals surface area contributed by atoms with Gasteiger partial charge in [-0.15, -0.1) is 0 Å². The average Bonchev–Trinajstić information content (AvgIpc) is 2.99. The fourth-order valence-electron chi connectivity index (χ4n) is 6.20. The van der Waals surface area contributed by atoms with Crippen LogP contribution in [0.5, 0.6) is 0 Å². The van der Waals surface area contributed by atoms with Gasteiger partial charge in [-0.2, -0.15) is 0 Å². The molecule has 0 aliphatic carbocycles. The second-order valence-corrected chi connectivity index (χ2v) is 11.8. The predicted molar refractivity (Wildman–Crippen MR) is 175 cm³/mol. The molecule has 8 heteroatoms. The second kappa shape index (κ2) is 13.8. The summed E-state index contributed by atoms with van der Waals surface area (Å²) >= 11 is 0. The highest BCUT2D eigenvalue weighted by molar-refractivity contribution is 5.96. The van der Waals surface area contributed by atoms with Gasteiger partial charge in [0.1, 0.15) is 11.5 Å². The zero-order chi connectivity index (χ0) is 30.3. The number of fused-ring (bicyclic) bond motifs is 1. The first-order valence-corrected chi connectivity index (χ1v) is 15.4. The third-order valence-corrected chi connectivity index (χ3v) is 8.56. The SMILES string of the molecule is CC1CCCC(C)N1CCCCCn1c(=O)c(-c2cccc(C(=N)N)c2)nc2ccc(NC(=O)Cc3ccccc3)cc21. The molecule has 1 saturated heterocycles. The quantitative estimate of drug-likeness (QED) is 0.115. The molecule has 1 aliphatic heterocycles. The number of hydrogen-bond acceptors (Lipinski definition) is 5. The number of amidine groups is 1. The first kappa shape index (κ1) is 30.2. The predicted octanol–water partition coefficient (Wildman–Crippen LogP) is 5.96. The zero-order valence-electron chi connectivity index (χ0n) is 25.2. The molecule has 5 rings (SSSR count).